The summed E-state index contributed by atoms with van der Waals surface area (Å²) in [5.41, 5.74) is 4.37. The van der Waals surface area contributed by atoms with Gasteiger partial charge in [0.1, 0.15) is 12.4 Å². The second kappa shape index (κ2) is 20.0. The molecule has 1 amide bonds. The molecule has 0 saturated heterocycles. The van der Waals surface area contributed by atoms with Crippen LogP contribution in [0.1, 0.15) is 54.0 Å². The molecule has 4 N–H and O–H groups in total. The fourth-order valence-electron chi connectivity index (χ4n) is 6.41. The summed E-state index contributed by atoms with van der Waals surface area (Å²) in [4.78, 5) is 55.2. The van der Waals surface area contributed by atoms with Gasteiger partial charge in [0.2, 0.25) is 5.91 Å². The molecule has 12 nitrogen and oxygen atoms in total. The lowest BCUT2D eigenvalue weighted by Gasteiger charge is -2.28. The molecule has 0 spiro atoms. The van der Waals surface area contributed by atoms with Gasteiger partial charge in [-0.1, -0.05) is 80.6 Å². The Morgan fingerprint density at radius 3 is 1.89 bits per heavy atom. The van der Waals surface area contributed by atoms with Gasteiger partial charge in [-0.15, -0.1) is 0 Å². The van der Waals surface area contributed by atoms with Crippen LogP contribution in [0.4, 0.5) is 13.2 Å². The number of aryl methyl sites for hydroxylation is 2. The average Bonchev–Trinajstić information content (AvgIpc) is 3.69. The Hall–Kier alpha value is -5.38. The van der Waals surface area contributed by atoms with Gasteiger partial charge < -0.3 is 34.8 Å². The van der Waals surface area contributed by atoms with Crippen molar-refractivity contribution in [2.24, 2.45) is 0 Å². The number of aliphatic hydroxyl groups excluding tert-OH is 2. The predicted octanol–water partition coefficient (Wildman–Crippen LogP) is 4.45. The van der Waals surface area contributed by atoms with Crippen molar-refractivity contribution in [3.8, 4) is 11.1 Å². The average molecular weight is 781 g/mol. The molecule has 0 bridgehead atoms. The van der Waals surface area contributed by atoms with Crippen molar-refractivity contribution in [2.75, 3.05) is 26.2 Å². The van der Waals surface area contributed by atoms with Gasteiger partial charge in [0.25, 0.3) is 5.56 Å². The van der Waals surface area contributed by atoms with Crippen LogP contribution in [0.2, 0.25) is 0 Å². The number of alkyl halides is 3. The summed E-state index contributed by atoms with van der Waals surface area (Å²) in [5, 5.41) is 32.5. The van der Waals surface area contributed by atoms with E-state index in [1.807, 2.05) is 51.9 Å². The summed E-state index contributed by atoms with van der Waals surface area (Å²) in [6.45, 7) is 7.72. The minimum absolute atomic E-state index is 0.0421. The number of halogens is 3. The number of carboxylic acid groups (broad SMARTS) is 2. The molecule has 0 saturated carbocycles. The number of carbonyl (C=O) groups excluding carboxylic acids is 1. The fourth-order valence-corrected chi connectivity index (χ4v) is 6.41. The van der Waals surface area contributed by atoms with E-state index >= 15 is 0 Å². The summed E-state index contributed by atoms with van der Waals surface area (Å²) in [5.74, 6) is -2.93. The number of likely N-dealkylation sites (N-methyl/N-ethyl adjacent to an activating group) is 1. The highest BCUT2D eigenvalue weighted by atomic mass is 19.4. The predicted molar refractivity (Wildman–Crippen MR) is 202 cm³/mol. The lowest BCUT2D eigenvalue weighted by atomic mass is 10.0. The lowest BCUT2D eigenvalue weighted by molar-refractivity contribution is -0.165. The van der Waals surface area contributed by atoms with E-state index in [-0.39, 0.29) is 18.0 Å². The largest absolute Gasteiger partial charge is 0.479 e. The summed E-state index contributed by atoms with van der Waals surface area (Å²) < 4.78 is 41.0. The quantitative estimate of drug-likeness (QED) is 0.127. The Morgan fingerprint density at radius 1 is 0.786 bits per heavy atom. The van der Waals surface area contributed by atoms with Gasteiger partial charge in [0.15, 0.2) is 12.2 Å². The minimum Gasteiger partial charge on any atom is -0.479 e. The van der Waals surface area contributed by atoms with Crippen molar-refractivity contribution >= 4 is 17.8 Å². The van der Waals surface area contributed by atoms with Crippen LogP contribution < -0.4 is 5.56 Å². The highest BCUT2D eigenvalue weighted by Crippen LogP contribution is 2.31. The van der Waals surface area contributed by atoms with Gasteiger partial charge in [0.05, 0.1) is 5.56 Å². The van der Waals surface area contributed by atoms with Crippen molar-refractivity contribution in [1.29, 1.82) is 0 Å². The molecule has 3 aromatic carbocycles. The van der Waals surface area contributed by atoms with E-state index in [0.29, 0.717) is 37.3 Å². The number of hydrogen-bond donors (Lipinski definition) is 4. The number of amides is 1. The van der Waals surface area contributed by atoms with E-state index in [1.165, 1.54) is 12.1 Å². The first-order valence-corrected chi connectivity index (χ1v) is 18.4. The summed E-state index contributed by atoms with van der Waals surface area (Å²) in [7, 11) is 0. The third kappa shape index (κ3) is 11.8. The van der Waals surface area contributed by atoms with E-state index in [2.05, 4.69) is 35.9 Å². The molecule has 2 atom stereocenters. The van der Waals surface area contributed by atoms with Crippen molar-refractivity contribution in [3.63, 3.8) is 0 Å². The maximum Gasteiger partial charge on any atom is 0.416 e. The van der Waals surface area contributed by atoms with E-state index < -0.39 is 35.9 Å². The van der Waals surface area contributed by atoms with E-state index in [1.54, 1.807) is 0 Å². The van der Waals surface area contributed by atoms with E-state index in [0.717, 1.165) is 79.0 Å². The molecule has 1 aromatic heterocycles. The Bertz CT molecular complexity index is 1970. The zero-order valence-electron chi connectivity index (χ0n) is 31.3. The Morgan fingerprint density at radius 2 is 1.36 bits per heavy atom. The lowest BCUT2D eigenvalue weighted by Crippen LogP contribution is -2.40. The Balaban J connectivity index is 0.000000613. The van der Waals surface area contributed by atoms with E-state index in [9.17, 15) is 32.3 Å². The van der Waals surface area contributed by atoms with E-state index in [4.69, 9.17) is 20.4 Å². The Labute approximate surface area is 322 Å². The molecule has 5 rings (SSSR count). The molecule has 2 unspecified atom stereocenters. The monoisotopic (exact) mass is 780 g/mol. The standard InChI is InChI=1S/C37H41F3N4O2.C4H6O6/c1-3-42(4-2)23-24-43(25-28-13-16-29(17-14-28)30-18-20-31(21-19-30)37(38,39)40)35(45)26-44-33-12-8-11-32(33)36(46)41-34(44)22-15-27-9-6-5-7-10-27;5-1(3(7)8)2(6)4(9)10/h5-7,9-10,13-14,16-21H,3-4,8,11-12,15,22-26H2,1-2H3;1-2,5-6H,(H,7,8)(H,9,10). The summed E-state index contributed by atoms with van der Waals surface area (Å²) >= 11 is 0. The van der Waals surface area contributed by atoms with Crippen LogP contribution in [0.15, 0.2) is 83.7 Å². The minimum atomic E-state index is -4.38. The third-order valence-electron chi connectivity index (χ3n) is 9.70. The third-order valence-corrected chi connectivity index (χ3v) is 9.70. The van der Waals surface area contributed by atoms with Gasteiger partial charge in [-0.2, -0.15) is 18.2 Å². The second-order valence-corrected chi connectivity index (χ2v) is 13.4. The number of aliphatic carboxylic acids is 2. The highest BCUT2D eigenvalue weighted by molar-refractivity contribution is 5.83. The molecule has 1 aliphatic rings. The summed E-state index contributed by atoms with van der Waals surface area (Å²) in [6.07, 6.45) is -5.32. The molecular formula is C41H47F3N4O8. The van der Waals surface area contributed by atoms with Crippen LogP contribution in [-0.2, 0) is 59.3 Å². The number of rotatable bonds is 16. The van der Waals surface area contributed by atoms with Crippen LogP contribution in [-0.4, -0.2) is 96.0 Å². The smallest absolute Gasteiger partial charge is 0.416 e. The van der Waals surface area contributed by atoms with Crippen molar-refractivity contribution in [2.45, 2.75) is 77.4 Å². The normalized spacial score (nSPS) is 13.4. The fraction of sp³-hybridized carbons (Fsp3) is 0.390. The van der Waals surface area contributed by atoms with Gasteiger partial charge in [0, 0.05) is 37.3 Å². The number of fused-ring (bicyclic) bond motifs is 1. The molecular weight excluding hydrogens is 733 g/mol. The van der Waals surface area contributed by atoms with Crippen molar-refractivity contribution < 1.29 is 48.0 Å². The van der Waals surface area contributed by atoms with Crippen molar-refractivity contribution in [3.05, 3.63) is 123 Å². The molecule has 15 heteroatoms. The number of nitrogens with zero attached hydrogens (tertiary/aromatic N) is 4. The number of carboxylic acids is 2. The number of carbonyl (C=O) groups is 3. The SMILES string of the molecule is CCN(CC)CCN(Cc1ccc(-c2ccc(C(F)(F)F)cc2)cc1)C(=O)Cn1c(CCc2ccccc2)nc(=O)c2c1CCC2.O=C(O)C(O)C(O)C(=O)O. The zero-order chi connectivity index (χ0) is 41.0. The highest BCUT2D eigenvalue weighted by Gasteiger charge is 2.31. The van der Waals surface area contributed by atoms with Gasteiger partial charge in [-0.25, -0.2) is 9.59 Å². The van der Waals surface area contributed by atoms with Gasteiger partial charge in [-0.3, -0.25) is 9.59 Å². The van der Waals surface area contributed by atoms with Crippen LogP contribution in [0.5, 0.6) is 0 Å². The topological polar surface area (TPSA) is 174 Å². The molecule has 0 fully saturated rings. The molecule has 0 aliphatic heterocycles. The van der Waals surface area contributed by atoms with Crippen LogP contribution in [0.3, 0.4) is 0 Å². The van der Waals surface area contributed by atoms with Gasteiger partial charge >= 0.3 is 18.1 Å². The number of benzene rings is 3. The first-order chi connectivity index (χ1) is 26.6. The van der Waals surface area contributed by atoms with Gasteiger partial charge in [-0.05, 0) is 73.2 Å². The van der Waals surface area contributed by atoms with Crippen LogP contribution in [0, 0.1) is 0 Å². The number of aromatic nitrogens is 2. The first-order valence-electron chi connectivity index (χ1n) is 18.4. The molecule has 56 heavy (non-hydrogen) atoms. The van der Waals surface area contributed by atoms with Crippen LogP contribution >= 0.6 is 0 Å². The maximum absolute atomic E-state index is 14.1. The molecule has 0 radical (unpaired) electrons. The second-order valence-electron chi connectivity index (χ2n) is 13.4. The Kier molecular flexibility index (Phi) is 15.5. The zero-order valence-corrected chi connectivity index (χ0v) is 31.3. The van der Waals surface area contributed by atoms with Crippen LogP contribution in [0.25, 0.3) is 11.1 Å². The number of aliphatic hydroxyl groups is 2. The van der Waals surface area contributed by atoms with Crippen molar-refractivity contribution in [1.82, 2.24) is 19.4 Å². The summed E-state index contributed by atoms with van der Waals surface area (Å²) in [6, 6.07) is 22.8. The molecule has 4 aromatic rings. The first kappa shape index (κ1) is 43.3. The maximum atomic E-state index is 14.1. The molecule has 1 aliphatic carbocycles. The molecule has 1 heterocycles. The molecule has 300 valence electrons. The number of hydrogen-bond acceptors (Lipinski definition) is 8.